The third kappa shape index (κ3) is 9.59. The molecule has 1 aliphatic carbocycles. The second kappa shape index (κ2) is 17.6. The first kappa shape index (κ1) is 41.2. The molecule has 1 amide bonds. The first-order valence-electron chi connectivity index (χ1n) is 19.9. The number of pyridine rings is 2. The van der Waals surface area contributed by atoms with Crippen molar-refractivity contribution >= 4 is 49.8 Å². The number of piperazine rings is 1. The van der Waals surface area contributed by atoms with Gasteiger partial charge in [0, 0.05) is 61.1 Å². The summed E-state index contributed by atoms with van der Waals surface area (Å²) in [6.07, 6.45) is 7.20. The minimum Gasteiger partial charge on any atom is -0.474 e. The molecule has 2 aromatic carbocycles. The van der Waals surface area contributed by atoms with Crippen LogP contribution in [0.4, 0.5) is 5.69 Å². The van der Waals surface area contributed by atoms with Crippen molar-refractivity contribution in [1.82, 2.24) is 24.6 Å². The summed E-state index contributed by atoms with van der Waals surface area (Å²) in [5, 5.41) is 11.3. The first-order chi connectivity index (χ1) is 28.9. The molecule has 8 rings (SSSR count). The Morgan fingerprint density at radius 2 is 1.87 bits per heavy atom. The van der Waals surface area contributed by atoms with E-state index in [1.165, 1.54) is 22.9 Å². The van der Waals surface area contributed by atoms with Gasteiger partial charge in [-0.3, -0.25) is 9.69 Å². The number of benzene rings is 2. The maximum absolute atomic E-state index is 13.9. The Kier molecular flexibility index (Phi) is 12.1. The maximum Gasteiger partial charge on any atom is 0.268 e. The van der Waals surface area contributed by atoms with Crippen LogP contribution in [-0.4, -0.2) is 99.4 Å². The van der Waals surface area contributed by atoms with Gasteiger partial charge in [-0.15, -0.1) is 0 Å². The molecule has 5 aromatic rings. The smallest absolute Gasteiger partial charge is 0.268 e. The number of halogens is 1. The van der Waals surface area contributed by atoms with E-state index in [1.54, 1.807) is 30.5 Å². The van der Waals surface area contributed by atoms with Crippen molar-refractivity contribution in [3.05, 3.63) is 107 Å². The normalized spacial score (nSPS) is 18.6. The number of rotatable bonds is 12. The Balaban J connectivity index is 0.995. The summed E-state index contributed by atoms with van der Waals surface area (Å²) in [5.74, 6) is -0.471. The fourth-order valence-electron chi connectivity index (χ4n) is 7.80. The van der Waals surface area contributed by atoms with Crippen LogP contribution in [0.1, 0.15) is 54.6 Å². The molecule has 5 heterocycles. The number of allylic oxidation sites excluding steroid dienone is 1. The van der Waals surface area contributed by atoms with E-state index in [2.05, 4.69) is 55.5 Å². The highest BCUT2D eigenvalue weighted by molar-refractivity contribution is 7.90. The molecule has 60 heavy (non-hydrogen) atoms. The molecular formula is C44H46ClN7O7S. The standard InChI is InChI=1S/C44H46ClN7O7S/c1-44(2)11-9-31(39(22-44)29-3-5-33(45)6-4-29)26-51-13-15-52(16-14-51)34-7-8-38(40(21-34)59-35-19-30-10-12-47-41(30)48-24-35)42(53)50-60(54,55)37-20-32(23-46)43(49-25-37)58-28-36-27-56-17-18-57-36/h3-8,10,12,19-21,24-25,36H,9,11,13-18,22,26-28H2,1-2H3,(H,47,48)(H,50,53). The van der Waals surface area contributed by atoms with E-state index in [-0.39, 0.29) is 45.8 Å². The van der Waals surface area contributed by atoms with Crippen molar-refractivity contribution in [3.63, 3.8) is 0 Å². The second-order valence-electron chi connectivity index (χ2n) is 16.0. The van der Waals surface area contributed by atoms with Gasteiger partial charge in [0.25, 0.3) is 15.9 Å². The number of sulfonamides is 1. The molecule has 2 N–H and O–H groups in total. The summed E-state index contributed by atoms with van der Waals surface area (Å²) in [4.78, 5) is 29.8. The number of nitriles is 1. The lowest BCUT2D eigenvalue weighted by molar-refractivity contribution is -0.102. The lowest BCUT2D eigenvalue weighted by Crippen LogP contribution is -2.47. The first-order valence-corrected chi connectivity index (χ1v) is 21.8. The van der Waals surface area contributed by atoms with E-state index in [4.69, 9.17) is 30.5 Å². The van der Waals surface area contributed by atoms with Gasteiger partial charge in [-0.25, -0.2) is 23.1 Å². The number of carbonyl (C=O) groups is 1. The highest BCUT2D eigenvalue weighted by Gasteiger charge is 2.30. The third-order valence-corrected chi connectivity index (χ3v) is 12.7. The van der Waals surface area contributed by atoms with E-state index in [0.29, 0.717) is 31.2 Å². The maximum atomic E-state index is 13.9. The lowest BCUT2D eigenvalue weighted by atomic mass is 9.72. The quantitative estimate of drug-likeness (QED) is 0.132. The van der Waals surface area contributed by atoms with Crippen molar-refractivity contribution in [2.45, 2.75) is 44.1 Å². The van der Waals surface area contributed by atoms with Crippen molar-refractivity contribution in [2.75, 3.05) is 64.1 Å². The molecule has 3 aromatic heterocycles. The van der Waals surface area contributed by atoms with E-state index in [0.717, 1.165) is 80.3 Å². The van der Waals surface area contributed by atoms with Gasteiger partial charge >= 0.3 is 0 Å². The van der Waals surface area contributed by atoms with Crippen LogP contribution in [0, 0.1) is 16.7 Å². The Bertz CT molecular complexity index is 2560. The van der Waals surface area contributed by atoms with Crippen molar-refractivity contribution < 1.29 is 32.2 Å². The average Bonchev–Trinajstić information content (AvgIpc) is 3.72. The van der Waals surface area contributed by atoms with Crippen LogP contribution in [0.2, 0.25) is 5.02 Å². The molecule has 312 valence electrons. The monoisotopic (exact) mass is 851 g/mol. The van der Waals surface area contributed by atoms with Gasteiger partial charge in [-0.1, -0.05) is 43.2 Å². The van der Waals surface area contributed by atoms with Gasteiger partial charge in [0.1, 0.15) is 46.4 Å². The van der Waals surface area contributed by atoms with Gasteiger partial charge in [0.05, 0.1) is 37.8 Å². The molecule has 0 bridgehead atoms. The Morgan fingerprint density at radius 1 is 1.05 bits per heavy atom. The lowest BCUT2D eigenvalue weighted by Gasteiger charge is -2.39. The number of ether oxygens (including phenoxy) is 4. The van der Waals surface area contributed by atoms with Gasteiger partial charge in [-0.05, 0) is 78.3 Å². The molecule has 2 saturated heterocycles. The highest BCUT2D eigenvalue weighted by atomic mass is 35.5. The van der Waals surface area contributed by atoms with Crippen molar-refractivity contribution in [2.24, 2.45) is 5.41 Å². The molecule has 0 radical (unpaired) electrons. The second-order valence-corrected chi connectivity index (χ2v) is 18.1. The fourth-order valence-corrected chi connectivity index (χ4v) is 8.86. The number of hydrogen-bond donors (Lipinski definition) is 2. The van der Waals surface area contributed by atoms with Crippen LogP contribution in [-0.2, 0) is 19.5 Å². The predicted molar refractivity (Wildman–Crippen MR) is 227 cm³/mol. The van der Waals surface area contributed by atoms with Gasteiger partial charge < -0.3 is 28.8 Å². The molecule has 2 fully saturated rings. The summed E-state index contributed by atoms with van der Waals surface area (Å²) in [5.41, 5.74) is 5.72. The van der Waals surface area contributed by atoms with Crippen LogP contribution in [0.3, 0.4) is 0 Å². The largest absolute Gasteiger partial charge is 0.474 e. The Hall–Kier alpha value is -5.50. The zero-order valence-electron chi connectivity index (χ0n) is 33.4. The number of carbonyl (C=O) groups excluding carboxylic acids is 1. The molecule has 14 nitrogen and oxygen atoms in total. The average molecular weight is 852 g/mol. The minimum absolute atomic E-state index is 0.0138. The van der Waals surface area contributed by atoms with Crippen LogP contribution < -0.4 is 19.1 Å². The van der Waals surface area contributed by atoms with Crippen LogP contribution in [0.15, 0.2) is 89.7 Å². The minimum atomic E-state index is -4.49. The number of nitrogens with zero attached hydrogens (tertiary/aromatic N) is 5. The summed E-state index contributed by atoms with van der Waals surface area (Å²) in [7, 11) is -4.49. The third-order valence-electron chi connectivity index (χ3n) is 11.1. The molecule has 0 spiro atoms. The van der Waals surface area contributed by atoms with Gasteiger partial charge in [-0.2, -0.15) is 5.26 Å². The summed E-state index contributed by atoms with van der Waals surface area (Å²) >= 11 is 6.24. The van der Waals surface area contributed by atoms with Gasteiger partial charge in [0.2, 0.25) is 5.88 Å². The summed E-state index contributed by atoms with van der Waals surface area (Å²) in [6, 6.07) is 20.0. The molecule has 0 saturated carbocycles. The molecule has 16 heteroatoms. The zero-order chi connectivity index (χ0) is 41.9. The number of anilines is 1. The number of H-pyrrole nitrogens is 1. The summed E-state index contributed by atoms with van der Waals surface area (Å²) < 4.78 is 52.2. The number of aromatic amines is 1. The number of aromatic nitrogens is 3. The number of nitrogens with one attached hydrogen (secondary N) is 2. The van der Waals surface area contributed by atoms with Crippen LogP contribution in [0.5, 0.6) is 17.4 Å². The van der Waals surface area contributed by atoms with Crippen LogP contribution >= 0.6 is 11.6 Å². The number of fused-ring (bicyclic) bond motifs is 1. The zero-order valence-corrected chi connectivity index (χ0v) is 35.0. The van der Waals surface area contributed by atoms with Crippen molar-refractivity contribution in [1.29, 1.82) is 5.26 Å². The van der Waals surface area contributed by atoms with Crippen LogP contribution in [0.25, 0.3) is 16.6 Å². The van der Waals surface area contributed by atoms with E-state index in [1.807, 2.05) is 24.3 Å². The van der Waals surface area contributed by atoms with Crippen molar-refractivity contribution in [3.8, 4) is 23.4 Å². The summed E-state index contributed by atoms with van der Waals surface area (Å²) in [6.45, 7) is 9.99. The van der Waals surface area contributed by atoms with E-state index < -0.39 is 15.9 Å². The number of hydrogen-bond acceptors (Lipinski definition) is 12. The molecule has 1 unspecified atom stereocenters. The Labute approximate surface area is 354 Å². The molecule has 1 atom stereocenters. The fraction of sp³-hybridized carbons (Fsp3) is 0.364. The van der Waals surface area contributed by atoms with Gasteiger partial charge in [0.15, 0.2) is 0 Å². The molecule has 2 aliphatic heterocycles. The van der Waals surface area contributed by atoms with E-state index >= 15 is 0 Å². The molecular weight excluding hydrogens is 806 g/mol. The number of amides is 1. The SMILES string of the molecule is CC1(C)CCC(CN2CCN(c3ccc(C(=O)NS(=O)(=O)c4cnc(OCC5COCCO5)c(C#N)c4)c(Oc4cnc5[nH]ccc5c4)c3)CC2)=C(c2ccc(Cl)cc2)C1. The Morgan fingerprint density at radius 3 is 2.63 bits per heavy atom. The predicted octanol–water partition coefficient (Wildman–Crippen LogP) is 6.97. The molecule has 3 aliphatic rings. The topological polar surface area (TPSA) is 172 Å². The highest BCUT2D eigenvalue weighted by Crippen LogP contribution is 2.43. The van der Waals surface area contributed by atoms with E-state index in [9.17, 15) is 18.5 Å².